The van der Waals surface area contributed by atoms with E-state index in [9.17, 15) is 19.2 Å². The normalized spacial score (nSPS) is 13.0. The van der Waals surface area contributed by atoms with Crippen molar-refractivity contribution in [3.63, 3.8) is 0 Å². The number of pyridine rings is 1. The summed E-state index contributed by atoms with van der Waals surface area (Å²) in [5.41, 5.74) is 6.70. The highest BCUT2D eigenvalue weighted by Gasteiger charge is 2.31. The van der Waals surface area contributed by atoms with Crippen LogP contribution in [0.25, 0.3) is 16.6 Å². The fourth-order valence-electron chi connectivity index (χ4n) is 3.08. The van der Waals surface area contributed by atoms with Gasteiger partial charge in [0, 0.05) is 23.2 Å². The maximum atomic E-state index is 12.5. The van der Waals surface area contributed by atoms with Gasteiger partial charge in [0.25, 0.3) is 17.4 Å². The molecule has 26 heavy (non-hydrogen) atoms. The predicted octanol–water partition coefficient (Wildman–Crippen LogP) is 0.571. The minimum atomic E-state index is -0.650. The molecule has 2 aromatic heterocycles. The number of amides is 2. The van der Waals surface area contributed by atoms with Gasteiger partial charge in [-0.3, -0.25) is 24.3 Å². The van der Waals surface area contributed by atoms with Gasteiger partial charge in [-0.2, -0.15) is 0 Å². The standard InChI is InChI=1S/C17H12N4O5/c1-26-17(25)10-6-19-11-4-7(2-3-8(10)11)21-12(22)5-9-13(14(21)18)16(24)20-15(9)23/h2-6,19H,18H2,1H3,(H,20,23,24). The first kappa shape index (κ1) is 15.6. The van der Waals surface area contributed by atoms with Crippen LogP contribution < -0.4 is 16.6 Å². The first-order chi connectivity index (χ1) is 12.4. The van der Waals surface area contributed by atoms with E-state index < -0.39 is 23.3 Å². The fourth-order valence-corrected chi connectivity index (χ4v) is 3.08. The van der Waals surface area contributed by atoms with Crippen LogP contribution in [-0.4, -0.2) is 34.4 Å². The number of ether oxygens (including phenoxy) is 1. The van der Waals surface area contributed by atoms with Crippen molar-refractivity contribution in [1.82, 2.24) is 14.9 Å². The number of nitrogens with two attached hydrogens (primary N) is 1. The first-order valence-corrected chi connectivity index (χ1v) is 7.53. The SMILES string of the molecule is COC(=O)c1c[nH]c2cc(-n3c(N)c4c(cc3=O)C(=O)NC4=O)ccc12. The molecule has 1 aliphatic rings. The number of nitrogens with one attached hydrogen (secondary N) is 2. The number of nitrogens with zero attached hydrogens (tertiary/aromatic N) is 1. The molecule has 3 aromatic rings. The smallest absolute Gasteiger partial charge is 0.340 e. The highest BCUT2D eigenvalue weighted by atomic mass is 16.5. The number of nitrogen functional groups attached to an aromatic ring is 1. The van der Waals surface area contributed by atoms with Gasteiger partial charge < -0.3 is 15.5 Å². The van der Waals surface area contributed by atoms with Crippen molar-refractivity contribution in [2.45, 2.75) is 0 Å². The van der Waals surface area contributed by atoms with Crippen LogP contribution in [0.1, 0.15) is 31.1 Å². The van der Waals surface area contributed by atoms with Crippen LogP contribution in [0.4, 0.5) is 5.82 Å². The number of aromatic nitrogens is 2. The molecule has 0 unspecified atom stereocenters. The number of carbonyl (C=O) groups is 3. The third kappa shape index (κ3) is 2.04. The second-order valence-electron chi connectivity index (χ2n) is 5.70. The minimum Gasteiger partial charge on any atom is -0.465 e. The molecule has 9 heteroatoms. The molecular formula is C17H12N4O5. The molecule has 0 fully saturated rings. The fraction of sp³-hybridized carbons (Fsp3) is 0.0588. The predicted molar refractivity (Wildman–Crippen MR) is 91.4 cm³/mol. The van der Waals surface area contributed by atoms with Crippen LogP contribution in [0.5, 0.6) is 0 Å². The van der Waals surface area contributed by atoms with Gasteiger partial charge in [-0.05, 0) is 18.2 Å². The number of esters is 1. The maximum absolute atomic E-state index is 12.5. The third-order valence-electron chi connectivity index (χ3n) is 4.28. The number of benzene rings is 1. The van der Waals surface area contributed by atoms with Gasteiger partial charge in [0.15, 0.2) is 0 Å². The summed E-state index contributed by atoms with van der Waals surface area (Å²) in [7, 11) is 1.28. The molecule has 1 aliphatic heterocycles. The summed E-state index contributed by atoms with van der Waals surface area (Å²) in [6.45, 7) is 0. The van der Waals surface area contributed by atoms with Crippen molar-refractivity contribution in [3.8, 4) is 5.69 Å². The lowest BCUT2D eigenvalue weighted by Crippen LogP contribution is -2.24. The highest BCUT2D eigenvalue weighted by molar-refractivity contribution is 6.23. The molecule has 3 heterocycles. The summed E-state index contributed by atoms with van der Waals surface area (Å²) in [6.07, 6.45) is 1.50. The van der Waals surface area contributed by atoms with E-state index in [0.29, 0.717) is 22.2 Å². The summed E-state index contributed by atoms with van der Waals surface area (Å²) in [6, 6.07) is 5.91. The molecule has 0 atom stereocenters. The summed E-state index contributed by atoms with van der Waals surface area (Å²) < 4.78 is 5.85. The number of fused-ring (bicyclic) bond motifs is 2. The Morgan fingerprint density at radius 2 is 1.92 bits per heavy atom. The number of hydrogen-bond donors (Lipinski definition) is 3. The molecule has 9 nitrogen and oxygen atoms in total. The number of H-pyrrole nitrogens is 1. The average molecular weight is 352 g/mol. The third-order valence-corrected chi connectivity index (χ3v) is 4.28. The summed E-state index contributed by atoms with van der Waals surface area (Å²) in [5, 5.41) is 2.73. The van der Waals surface area contributed by atoms with Crippen LogP contribution in [-0.2, 0) is 4.74 Å². The van der Waals surface area contributed by atoms with E-state index in [1.807, 2.05) is 0 Å². The molecule has 1 aromatic carbocycles. The number of methoxy groups -OCH3 is 1. The van der Waals surface area contributed by atoms with Crippen molar-refractivity contribution >= 4 is 34.5 Å². The Hall–Kier alpha value is -3.88. The minimum absolute atomic E-state index is 0.0311. The van der Waals surface area contributed by atoms with Crippen LogP contribution >= 0.6 is 0 Å². The molecule has 0 radical (unpaired) electrons. The Labute approximate surface area is 145 Å². The van der Waals surface area contributed by atoms with Crippen LogP contribution in [0, 0.1) is 0 Å². The first-order valence-electron chi connectivity index (χ1n) is 7.53. The monoisotopic (exact) mass is 352 g/mol. The van der Waals surface area contributed by atoms with E-state index in [-0.39, 0.29) is 16.9 Å². The molecule has 2 amide bonds. The van der Waals surface area contributed by atoms with Gasteiger partial charge in [-0.15, -0.1) is 0 Å². The number of rotatable bonds is 2. The van der Waals surface area contributed by atoms with E-state index in [4.69, 9.17) is 10.5 Å². The Morgan fingerprint density at radius 1 is 1.15 bits per heavy atom. The molecule has 0 saturated carbocycles. The van der Waals surface area contributed by atoms with E-state index in [1.54, 1.807) is 18.2 Å². The zero-order valence-corrected chi connectivity index (χ0v) is 13.5. The van der Waals surface area contributed by atoms with Crippen molar-refractivity contribution in [1.29, 1.82) is 0 Å². The Kier molecular flexibility index (Phi) is 3.19. The van der Waals surface area contributed by atoms with Gasteiger partial charge in [0.05, 0.1) is 29.5 Å². The summed E-state index contributed by atoms with van der Waals surface area (Å²) >= 11 is 0. The Morgan fingerprint density at radius 3 is 2.65 bits per heavy atom. The number of aromatic amines is 1. The zero-order chi connectivity index (χ0) is 18.6. The Balaban J connectivity index is 1.93. The molecule has 0 spiro atoms. The van der Waals surface area contributed by atoms with Gasteiger partial charge in [-0.25, -0.2) is 4.79 Å². The second kappa shape index (κ2) is 5.31. The molecule has 4 N–H and O–H groups in total. The number of anilines is 1. The zero-order valence-electron chi connectivity index (χ0n) is 13.5. The van der Waals surface area contributed by atoms with E-state index >= 15 is 0 Å². The molecule has 4 rings (SSSR count). The maximum Gasteiger partial charge on any atom is 0.340 e. The number of carbonyl (C=O) groups excluding carboxylic acids is 3. The van der Waals surface area contributed by atoms with E-state index in [0.717, 1.165) is 10.6 Å². The lowest BCUT2D eigenvalue weighted by atomic mass is 10.1. The lowest BCUT2D eigenvalue weighted by molar-refractivity contribution is 0.0602. The van der Waals surface area contributed by atoms with Crippen LogP contribution in [0.3, 0.4) is 0 Å². The van der Waals surface area contributed by atoms with Gasteiger partial charge in [0.1, 0.15) is 5.82 Å². The largest absolute Gasteiger partial charge is 0.465 e. The van der Waals surface area contributed by atoms with Gasteiger partial charge >= 0.3 is 5.97 Å². The molecule has 0 aliphatic carbocycles. The van der Waals surface area contributed by atoms with Crippen LogP contribution in [0.15, 0.2) is 35.3 Å². The topological polar surface area (TPSA) is 136 Å². The van der Waals surface area contributed by atoms with E-state index in [1.165, 1.54) is 13.3 Å². The number of hydrogen-bond acceptors (Lipinski definition) is 6. The average Bonchev–Trinajstić information content (AvgIpc) is 3.15. The van der Waals surface area contributed by atoms with Crippen molar-refractivity contribution in [2.75, 3.05) is 12.8 Å². The molecule has 130 valence electrons. The Bertz CT molecular complexity index is 1190. The quantitative estimate of drug-likeness (QED) is 0.456. The van der Waals surface area contributed by atoms with Crippen LogP contribution in [0.2, 0.25) is 0 Å². The van der Waals surface area contributed by atoms with Gasteiger partial charge in [-0.1, -0.05) is 0 Å². The number of imide groups is 1. The van der Waals surface area contributed by atoms with Crippen molar-refractivity contribution in [2.24, 2.45) is 0 Å². The molecule has 0 bridgehead atoms. The molecular weight excluding hydrogens is 340 g/mol. The molecule has 0 saturated heterocycles. The van der Waals surface area contributed by atoms with Gasteiger partial charge in [0.2, 0.25) is 0 Å². The van der Waals surface area contributed by atoms with Crippen molar-refractivity contribution < 1.29 is 19.1 Å². The second-order valence-corrected chi connectivity index (χ2v) is 5.70. The van der Waals surface area contributed by atoms with E-state index in [2.05, 4.69) is 10.3 Å². The van der Waals surface area contributed by atoms with Crippen molar-refractivity contribution in [3.05, 3.63) is 57.5 Å². The summed E-state index contributed by atoms with van der Waals surface area (Å²) in [4.78, 5) is 50.8. The summed E-state index contributed by atoms with van der Waals surface area (Å²) in [5.74, 6) is -1.92. The highest BCUT2D eigenvalue weighted by Crippen LogP contribution is 2.26. The lowest BCUT2D eigenvalue weighted by Gasteiger charge is -2.12.